The van der Waals surface area contributed by atoms with Crippen LogP contribution in [0.2, 0.25) is 0 Å². The molecule has 0 aliphatic carbocycles. The van der Waals surface area contributed by atoms with Gasteiger partial charge in [0.2, 0.25) is 0 Å². The molecule has 1 atom stereocenters. The summed E-state index contributed by atoms with van der Waals surface area (Å²) in [5.41, 5.74) is 0. The fourth-order valence-corrected chi connectivity index (χ4v) is 3.41. The van der Waals surface area contributed by atoms with Gasteiger partial charge in [0, 0.05) is 19.1 Å². The summed E-state index contributed by atoms with van der Waals surface area (Å²) in [6, 6.07) is -0.00315. The van der Waals surface area contributed by atoms with Gasteiger partial charge < -0.3 is 4.74 Å². The second kappa shape index (κ2) is 7.43. The first kappa shape index (κ1) is 15.9. The average molecular weight is 278 g/mol. The molecule has 1 aliphatic rings. The SMILES string of the molecule is CC(C)CCCC(C)NS(=O)(=O)N1CCOCC1. The van der Waals surface area contributed by atoms with Crippen LogP contribution < -0.4 is 4.72 Å². The van der Waals surface area contributed by atoms with Crippen molar-refractivity contribution in [2.75, 3.05) is 26.3 Å². The lowest BCUT2D eigenvalue weighted by Gasteiger charge is -2.27. The molecule has 1 fully saturated rings. The number of hydrogen-bond donors (Lipinski definition) is 1. The van der Waals surface area contributed by atoms with E-state index in [1.165, 1.54) is 4.31 Å². The van der Waals surface area contributed by atoms with Crippen molar-refractivity contribution in [3.63, 3.8) is 0 Å². The van der Waals surface area contributed by atoms with E-state index >= 15 is 0 Å². The van der Waals surface area contributed by atoms with Crippen LogP contribution in [0.5, 0.6) is 0 Å². The summed E-state index contributed by atoms with van der Waals surface area (Å²) in [5.74, 6) is 0.674. The minimum absolute atomic E-state index is 0.00315. The smallest absolute Gasteiger partial charge is 0.279 e. The van der Waals surface area contributed by atoms with Gasteiger partial charge in [-0.15, -0.1) is 0 Å². The maximum Gasteiger partial charge on any atom is 0.279 e. The average Bonchev–Trinajstić information content (AvgIpc) is 2.29. The van der Waals surface area contributed by atoms with Crippen LogP contribution in [-0.4, -0.2) is 45.1 Å². The molecule has 18 heavy (non-hydrogen) atoms. The zero-order valence-electron chi connectivity index (χ0n) is 11.7. The number of morpholine rings is 1. The molecule has 108 valence electrons. The topological polar surface area (TPSA) is 58.6 Å². The molecule has 0 bridgehead atoms. The predicted octanol–water partition coefficient (Wildman–Crippen LogP) is 1.37. The van der Waals surface area contributed by atoms with Gasteiger partial charge in [-0.1, -0.05) is 26.7 Å². The van der Waals surface area contributed by atoms with Crippen molar-refractivity contribution in [3.05, 3.63) is 0 Å². The predicted molar refractivity (Wildman–Crippen MR) is 72.6 cm³/mol. The van der Waals surface area contributed by atoms with Crippen LogP contribution in [0.15, 0.2) is 0 Å². The molecule has 0 spiro atoms. The third-order valence-corrected chi connectivity index (χ3v) is 4.82. The van der Waals surface area contributed by atoms with Gasteiger partial charge >= 0.3 is 0 Å². The van der Waals surface area contributed by atoms with Gasteiger partial charge in [0.1, 0.15) is 0 Å². The molecule has 0 radical (unpaired) electrons. The Hall–Kier alpha value is -0.170. The maximum absolute atomic E-state index is 12.1. The summed E-state index contributed by atoms with van der Waals surface area (Å²) >= 11 is 0. The Labute approximate surface area is 111 Å². The van der Waals surface area contributed by atoms with E-state index in [-0.39, 0.29) is 6.04 Å². The van der Waals surface area contributed by atoms with E-state index in [2.05, 4.69) is 18.6 Å². The Kier molecular flexibility index (Phi) is 6.55. The van der Waals surface area contributed by atoms with Crippen LogP contribution >= 0.6 is 0 Å². The fourth-order valence-electron chi connectivity index (χ4n) is 2.01. The summed E-state index contributed by atoms with van der Waals surface area (Å²) in [7, 11) is -3.33. The lowest BCUT2D eigenvalue weighted by Crippen LogP contribution is -2.48. The molecule has 1 unspecified atom stereocenters. The number of hydrogen-bond acceptors (Lipinski definition) is 3. The lowest BCUT2D eigenvalue weighted by atomic mass is 10.0. The van der Waals surface area contributed by atoms with Crippen LogP contribution in [0, 0.1) is 5.92 Å². The number of rotatable bonds is 7. The van der Waals surface area contributed by atoms with E-state index in [0.29, 0.717) is 32.2 Å². The molecule has 5 nitrogen and oxygen atoms in total. The highest BCUT2D eigenvalue weighted by Gasteiger charge is 2.25. The Balaban J connectivity index is 2.34. The molecule has 1 aliphatic heterocycles. The van der Waals surface area contributed by atoms with Crippen LogP contribution in [0.25, 0.3) is 0 Å². The highest BCUT2D eigenvalue weighted by atomic mass is 32.2. The maximum atomic E-state index is 12.1. The molecule has 0 aromatic heterocycles. The molecule has 1 saturated heterocycles. The Morgan fingerprint density at radius 3 is 2.33 bits per heavy atom. The van der Waals surface area contributed by atoms with Gasteiger partial charge in [0.15, 0.2) is 0 Å². The third-order valence-electron chi connectivity index (χ3n) is 3.08. The Morgan fingerprint density at radius 1 is 1.17 bits per heavy atom. The molecule has 0 amide bonds. The van der Waals surface area contributed by atoms with Gasteiger partial charge in [-0.2, -0.15) is 17.4 Å². The van der Waals surface area contributed by atoms with Gasteiger partial charge in [0.25, 0.3) is 10.2 Å². The molecule has 0 aromatic carbocycles. The molecule has 1 N–H and O–H groups in total. The van der Waals surface area contributed by atoms with Crippen LogP contribution in [0.1, 0.15) is 40.0 Å². The van der Waals surface area contributed by atoms with Crippen molar-refractivity contribution in [3.8, 4) is 0 Å². The van der Waals surface area contributed by atoms with E-state index in [9.17, 15) is 8.42 Å². The van der Waals surface area contributed by atoms with Gasteiger partial charge in [-0.3, -0.25) is 0 Å². The second-order valence-electron chi connectivity index (χ2n) is 5.36. The third kappa shape index (κ3) is 5.65. The monoisotopic (exact) mass is 278 g/mol. The van der Waals surface area contributed by atoms with Crippen LogP contribution in [0.4, 0.5) is 0 Å². The lowest BCUT2D eigenvalue weighted by molar-refractivity contribution is 0.0723. The van der Waals surface area contributed by atoms with Crippen molar-refractivity contribution in [2.24, 2.45) is 5.92 Å². The standard InChI is InChI=1S/C12H26N2O3S/c1-11(2)5-4-6-12(3)13-18(15,16)14-7-9-17-10-8-14/h11-13H,4-10H2,1-3H3. The fraction of sp³-hybridized carbons (Fsp3) is 1.00. The van der Waals surface area contributed by atoms with E-state index in [4.69, 9.17) is 4.74 Å². The first-order valence-electron chi connectivity index (χ1n) is 6.77. The second-order valence-corrected chi connectivity index (χ2v) is 7.06. The molecular weight excluding hydrogens is 252 g/mol. The van der Waals surface area contributed by atoms with Crippen molar-refractivity contribution < 1.29 is 13.2 Å². The highest BCUT2D eigenvalue weighted by molar-refractivity contribution is 7.87. The van der Waals surface area contributed by atoms with Gasteiger partial charge in [0.05, 0.1) is 13.2 Å². The quantitative estimate of drug-likeness (QED) is 0.765. The van der Waals surface area contributed by atoms with Crippen molar-refractivity contribution in [1.82, 2.24) is 9.03 Å². The Bertz CT molecular complexity index is 324. The minimum Gasteiger partial charge on any atom is -0.379 e. The van der Waals surface area contributed by atoms with Crippen LogP contribution in [-0.2, 0) is 14.9 Å². The van der Waals surface area contributed by atoms with Crippen LogP contribution in [0.3, 0.4) is 0 Å². The zero-order chi connectivity index (χ0) is 13.6. The van der Waals surface area contributed by atoms with E-state index in [0.717, 1.165) is 19.3 Å². The molecule has 0 aromatic rings. The number of nitrogens with zero attached hydrogens (tertiary/aromatic N) is 1. The Morgan fingerprint density at radius 2 is 1.78 bits per heavy atom. The number of ether oxygens (including phenoxy) is 1. The molecule has 1 heterocycles. The van der Waals surface area contributed by atoms with Crippen molar-refractivity contribution in [1.29, 1.82) is 0 Å². The first-order valence-corrected chi connectivity index (χ1v) is 8.21. The highest BCUT2D eigenvalue weighted by Crippen LogP contribution is 2.10. The summed E-state index contributed by atoms with van der Waals surface area (Å²) < 4.78 is 33.5. The zero-order valence-corrected chi connectivity index (χ0v) is 12.5. The summed E-state index contributed by atoms with van der Waals surface area (Å²) in [6.07, 6.45) is 3.09. The molecule has 6 heteroatoms. The van der Waals surface area contributed by atoms with E-state index in [1.54, 1.807) is 0 Å². The normalized spacial score (nSPS) is 20.2. The van der Waals surface area contributed by atoms with E-state index < -0.39 is 10.2 Å². The molecule has 1 rings (SSSR count). The molecular formula is C12H26N2O3S. The largest absolute Gasteiger partial charge is 0.379 e. The first-order chi connectivity index (χ1) is 8.42. The molecule has 0 saturated carbocycles. The van der Waals surface area contributed by atoms with Crippen molar-refractivity contribution in [2.45, 2.75) is 46.1 Å². The minimum atomic E-state index is -3.33. The van der Waals surface area contributed by atoms with Gasteiger partial charge in [-0.05, 0) is 19.3 Å². The van der Waals surface area contributed by atoms with Crippen molar-refractivity contribution >= 4 is 10.2 Å². The summed E-state index contributed by atoms with van der Waals surface area (Å²) in [6.45, 7) is 8.18. The number of nitrogens with one attached hydrogen (secondary N) is 1. The summed E-state index contributed by atoms with van der Waals surface area (Å²) in [4.78, 5) is 0. The van der Waals surface area contributed by atoms with E-state index in [1.807, 2.05) is 6.92 Å². The summed E-state index contributed by atoms with van der Waals surface area (Å²) in [5, 5.41) is 0. The van der Waals surface area contributed by atoms with Gasteiger partial charge in [-0.25, -0.2) is 0 Å².